The van der Waals surface area contributed by atoms with Gasteiger partial charge in [-0.25, -0.2) is 0 Å². The molecule has 0 aliphatic rings. The molecule has 94 valence electrons. The van der Waals surface area contributed by atoms with Crippen molar-refractivity contribution < 1.29 is 14.7 Å². The Balaban J connectivity index is 2.77. The lowest BCUT2D eigenvalue weighted by Gasteiger charge is -2.11. The Morgan fingerprint density at radius 1 is 1.35 bits per heavy atom. The predicted molar refractivity (Wildman–Crippen MR) is 67.2 cm³/mol. The molecule has 17 heavy (non-hydrogen) atoms. The molecule has 0 saturated carbocycles. The van der Waals surface area contributed by atoms with E-state index in [2.05, 4.69) is 5.16 Å². The van der Waals surface area contributed by atoms with Crippen molar-refractivity contribution in [3.8, 4) is 5.75 Å². The van der Waals surface area contributed by atoms with Crippen molar-refractivity contribution in [3.63, 3.8) is 0 Å². The predicted octanol–water partition coefficient (Wildman–Crippen LogP) is 2.61. The average molecular weight is 237 g/mol. The van der Waals surface area contributed by atoms with Crippen molar-refractivity contribution in [1.82, 2.24) is 0 Å². The van der Waals surface area contributed by atoms with E-state index in [1.54, 1.807) is 6.92 Å². The van der Waals surface area contributed by atoms with Gasteiger partial charge in [0.25, 0.3) is 0 Å². The molecule has 0 heterocycles. The smallest absolute Gasteiger partial charge is 0.128 e. The summed E-state index contributed by atoms with van der Waals surface area (Å²) < 4.78 is 10.8. The number of hydrogen-bond donors (Lipinski definition) is 1. The third-order valence-electron chi connectivity index (χ3n) is 2.37. The zero-order valence-electron chi connectivity index (χ0n) is 10.6. The van der Waals surface area contributed by atoms with Crippen LogP contribution in [0.4, 0.5) is 0 Å². The molecule has 4 heteroatoms. The van der Waals surface area contributed by atoms with Gasteiger partial charge in [-0.3, -0.25) is 0 Å². The fourth-order valence-electron chi connectivity index (χ4n) is 1.46. The summed E-state index contributed by atoms with van der Waals surface area (Å²) in [6, 6.07) is 5.77. The summed E-state index contributed by atoms with van der Waals surface area (Å²) >= 11 is 0. The lowest BCUT2D eigenvalue weighted by Crippen LogP contribution is -2.09. The van der Waals surface area contributed by atoms with Crippen LogP contribution in [0.25, 0.3) is 0 Å². The van der Waals surface area contributed by atoms with Gasteiger partial charge in [-0.1, -0.05) is 11.2 Å². The van der Waals surface area contributed by atoms with Crippen LogP contribution in [0.5, 0.6) is 5.75 Å². The normalized spacial score (nSPS) is 11.6. The maximum Gasteiger partial charge on any atom is 0.128 e. The topological polar surface area (TPSA) is 51.0 Å². The fourth-order valence-corrected chi connectivity index (χ4v) is 1.46. The summed E-state index contributed by atoms with van der Waals surface area (Å²) in [5.41, 5.74) is 2.44. The third-order valence-corrected chi connectivity index (χ3v) is 2.37. The van der Waals surface area contributed by atoms with E-state index in [1.165, 1.54) is 0 Å². The molecule has 0 bridgehead atoms. The van der Waals surface area contributed by atoms with Crippen molar-refractivity contribution in [2.45, 2.75) is 20.8 Å². The first-order valence-electron chi connectivity index (χ1n) is 5.69. The van der Waals surface area contributed by atoms with Gasteiger partial charge in [0, 0.05) is 12.2 Å². The Kier molecular flexibility index (Phi) is 5.49. The van der Waals surface area contributed by atoms with Crippen LogP contribution in [-0.2, 0) is 4.74 Å². The summed E-state index contributed by atoms with van der Waals surface area (Å²) in [5, 5.41) is 12.0. The highest BCUT2D eigenvalue weighted by molar-refractivity contribution is 6.00. The molecule has 0 aliphatic carbocycles. The van der Waals surface area contributed by atoms with Crippen LogP contribution < -0.4 is 4.74 Å². The monoisotopic (exact) mass is 237 g/mol. The van der Waals surface area contributed by atoms with Crippen LogP contribution >= 0.6 is 0 Å². The molecule has 0 saturated heterocycles. The van der Waals surface area contributed by atoms with E-state index in [1.807, 2.05) is 32.0 Å². The number of aryl methyl sites for hydroxylation is 1. The van der Waals surface area contributed by atoms with Crippen LogP contribution in [0.3, 0.4) is 0 Å². The summed E-state index contributed by atoms with van der Waals surface area (Å²) in [4.78, 5) is 0. The SMILES string of the molecule is CCOCCOc1cc(C)ccc1C(C)=NO. The number of nitrogens with zero attached hydrogens (tertiary/aromatic N) is 1. The molecule has 0 unspecified atom stereocenters. The van der Waals surface area contributed by atoms with Gasteiger partial charge in [0.2, 0.25) is 0 Å². The summed E-state index contributed by atoms with van der Waals surface area (Å²) in [6.07, 6.45) is 0. The highest BCUT2D eigenvalue weighted by Gasteiger charge is 2.07. The lowest BCUT2D eigenvalue weighted by atomic mass is 10.1. The molecule has 0 fully saturated rings. The van der Waals surface area contributed by atoms with E-state index in [-0.39, 0.29) is 0 Å². The van der Waals surface area contributed by atoms with Gasteiger partial charge in [0.15, 0.2) is 0 Å². The minimum absolute atomic E-state index is 0.489. The molecule has 1 rings (SSSR count). The van der Waals surface area contributed by atoms with Crippen LogP contribution in [0.2, 0.25) is 0 Å². The molecule has 1 aromatic carbocycles. The molecular formula is C13H19NO3. The summed E-state index contributed by atoms with van der Waals surface area (Å²) in [5.74, 6) is 0.722. The lowest BCUT2D eigenvalue weighted by molar-refractivity contribution is 0.110. The van der Waals surface area contributed by atoms with E-state index in [4.69, 9.17) is 14.7 Å². The second-order valence-electron chi connectivity index (χ2n) is 3.73. The van der Waals surface area contributed by atoms with Crippen molar-refractivity contribution in [2.75, 3.05) is 19.8 Å². The molecule has 0 aromatic heterocycles. The highest BCUT2D eigenvalue weighted by atomic mass is 16.5. The number of rotatable bonds is 6. The van der Waals surface area contributed by atoms with E-state index < -0.39 is 0 Å². The molecule has 0 radical (unpaired) electrons. The van der Waals surface area contributed by atoms with Gasteiger partial charge in [0.1, 0.15) is 12.4 Å². The summed E-state index contributed by atoms with van der Waals surface area (Å²) in [7, 11) is 0. The van der Waals surface area contributed by atoms with Gasteiger partial charge in [-0.15, -0.1) is 0 Å². The van der Waals surface area contributed by atoms with Crippen LogP contribution in [0.1, 0.15) is 25.0 Å². The minimum Gasteiger partial charge on any atom is -0.490 e. The maximum absolute atomic E-state index is 8.80. The quantitative estimate of drug-likeness (QED) is 0.358. The Hall–Kier alpha value is -1.55. The largest absolute Gasteiger partial charge is 0.490 e. The standard InChI is InChI=1S/C13H19NO3/c1-4-16-7-8-17-13-9-10(2)5-6-12(13)11(3)14-15/h5-6,9,15H,4,7-8H2,1-3H3. The van der Waals surface area contributed by atoms with Crippen molar-refractivity contribution in [1.29, 1.82) is 0 Å². The van der Waals surface area contributed by atoms with Crippen molar-refractivity contribution >= 4 is 5.71 Å². The van der Waals surface area contributed by atoms with Gasteiger partial charge < -0.3 is 14.7 Å². The van der Waals surface area contributed by atoms with Crippen LogP contribution in [0.15, 0.2) is 23.4 Å². The molecule has 1 N–H and O–H groups in total. The Bertz CT molecular complexity index is 388. The van der Waals surface area contributed by atoms with Gasteiger partial charge in [-0.2, -0.15) is 0 Å². The Morgan fingerprint density at radius 2 is 2.12 bits per heavy atom. The van der Waals surface area contributed by atoms with E-state index in [0.29, 0.717) is 25.5 Å². The highest BCUT2D eigenvalue weighted by Crippen LogP contribution is 2.21. The first-order valence-corrected chi connectivity index (χ1v) is 5.69. The van der Waals surface area contributed by atoms with E-state index in [9.17, 15) is 0 Å². The first kappa shape index (κ1) is 13.5. The van der Waals surface area contributed by atoms with Gasteiger partial charge in [-0.05, 0) is 38.5 Å². The maximum atomic E-state index is 8.80. The fraction of sp³-hybridized carbons (Fsp3) is 0.462. The van der Waals surface area contributed by atoms with Crippen LogP contribution in [-0.4, -0.2) is 30.7 Å². The molecule has 0 amide bonds. The zero-order chi connectivity index (χ0) is 12.7. The third kappa shape index (κ3) is 4.07. The van der Waals surface area contributed by atoms with E-state index in [0.717, 1.165) is 16.9 Å². The number of ether oxygens (including phenoxy) is 2. The molecule has 0 spiro atoms. The Morgan fingerprint density at radius 3 is 2.76 bits per heavy atom. The average Bonchev–Trinajstić information content (AvgIpc) is 2.34. The number of oxime groups is 1. The van der Waals surface area contributed by atoms with Gasteiger partial charge >= 0.3 is 0 Å². The molecule has 1 aromatic rings. The van der Waals surface area contributed by atoms with Crippen molar-refractivity contribution in [2.24, 2.45) is 5.16 Å². The zero-order valence-corrected chi connectivity index (χ0v) is 10.6. The first-order chi connectivity index (χ1) is 8.19. The van der Waals surface area contributed by atoms with Crippen LogP contribution in [0, 0.1) is 6.92 Å². The van der Waals surface area contributed by atoms with E-state index >= 15 is 0 Å². The second-order valence-corrected chi connectivity index (χ2v) is 3.73. The Labute approximate surface area is 102 Å². The molecular weight excluding hydrogens is 218 g/mol. The minimum atomic E-state index is 0.489. The molecule has 4 nitrogen and oxygen atoms in total. The molecule has 0 aliphatic heterocycles. The number of benzene rings is 1. The molecule has 0 atom stereocenters. The number of hydrogen-bond acceptors (Lipinski definition) is 4. The van der Waals surface area contributed by atoms with Crippen molar-refractivity contribution in [3.05, 3.63) is 29.3 Å². The second kappa shape index (κ2) is 6.91. The van der Waals surface area contributed by atoms with Gasteiger partial charge in [0.05, 0.1) is 12.3 Å². The summed E-state index contributed by atoms with van der Waals surface area (Å²) in [6.45, 7) is 7.40.